The maximum atomic E-state index is 12.7. The van der Waals surface area contributed by atoms with Crippen LogP contribution in [0, 0.1) is 22.0 Å². The summed E-state index contributed by atoms with van der Waals surface area (Å²) in [4.78, 5) is 29.9. The van der Waals surface area contributed by atoms with Crippen molar-refractivity contribution in [2.45, 2.75) is 20.3 Å². The van der Waals surface area contributed by atoms with Gasteiger partial charge in [-0.1, -0.05) is 13.8 Å². The molecule has 2 atom stereocenters. The van der Waals surface area contributed by atoms with Gasteiger partial charge in [0.15, 0.2) is 0 Å². The second-order valence-electron chi connectivity index (χ2n) is 8.12. The van der Waals surface area contributed by atoms with Crippen molar-refractivity contribution in [2.24, 2.45) is 11.8 Å². The highest BCUT2D eigenvalue weighted by Crippen LogP contribution is 2.32. The lowest BCUT2D eigenvalue weighted by molar-refractivity contribution is -0.384. The molecule has 2 aliphatic heterocycles. The third-order valence-electron chi connectivity index (χ3n) is 5.67. The van der Waals surface area contributed by atoms with Crippen molar-refractivity contribution in [3.8, 4) is 5.75 Å². The Bertz CT molecular complexity index is 708. The lowest BCUT2D eigenvalue weighted by Crippen LogP contribution is -2.52. The number of nitrogens with zero attached hydrogens (tertiary/aromatic N) is 4. The summed E-state index contributed by atoms with van der Waals surface area (Å²) in [7, 11) is 1.55. The molecule has 0 saturated carbocycles. The summed E-state index contributed by atoms with van der Waals surface area (Å²) in [5.41, 5.74) is 0.663. The zero-order valence-corrected chi connectivity index (χ0v) is 17.0. The molecule has 154 valence electrons. The van der Waals surface area contributed by atoms with Gasteiger partial charge in [-0.2, -0.15) is 0 Å². The van der Waals surface area contributed by atoms with Gasteiger partial charge in [0.25, 0.3) is 5.69 Å². The van der Waals surface area contributed by atoms with Crippen LogP contribution in [0.2, 0.25) is 0 Å². The number of nitro groups is 1. The first-order chi connectivity index (χ1) is 13.4. The van der Waals surface area contributed by atoms with Crippen molar-refractivity contribution in [2.75, 3.05) is 57.8 Å². The Balaban J connectivity index is 1.59. The molecule has 0 N–H and O–H groups in total. The van der Waals surface area contributed by atoms with Crippen LogP contribution in [0.3, 0.4) is 0 Å². The Morgan fingerprint density at radius 3 is 2.39 bits per heavy atom. The maximum Gasteiger partial charge on any atom is 0.292 e. The van der Waals surface area contributed by atoms with Crippen LogP contribution in [-0.2, 0) is 4.79 Å². The molecule has 2 heterocycles. The number of carbonyl (C=O) groups is 1. The predicted octanol–water partition coefficient (Wildman–Crippen LogP) is 2.23. The van der Waals surface area contributed by atoms with Gasteiger partial charge >= 0.3 is 0 Å². The SMILES string of the molecule is COc1ccc([N+](=O)[O-])c(N2CCN(CC(=O)N3C[C@@H](C)C[C@H](C)C3)CC2)c1. The molecule has 0 radical (unpaired) electrons. The predicted molar refractivity (Wildman–Crippen MR) is 108 cm³/mol. The minimum Gasteiger partial charge on any atom is -0.497 e. The van der Waals surface area contributed by atoms with Crippen LogP contribution in [0.5, 0.6) is 5.75 Å². The van der Waals surface area contributed by atoms with Crippen LogP contribution in [0.15, 0.2) is 18.2 Å². The number of hydrogen-bond donors (Lipinski definition) is 0. The van der Waals surface area contributed by atoms with Gasteiger partial charge in [0.1, 0.15) is 11.4 Å². The zero-order valence-electron chi connectivity index (χ0n) is 17.0. The molecule has 0 aromatic heterocycles. The number of carbonyl (C=O) groups excluding carboxylic acids is 1. The number of anilines is 1. The minimum absolute atomic E-state index is 0.0848. The van der Waals surface area contributed by atoms with Crippen molar-refractivity contribution in [1.82, 2.24) is 9.80 Å². The number of hydrogen-bond acceptors (Lipinski definition) is 6. The van der Waals surface area contributed by atoms with E-state index in [4.69, 9.17) is 4.74 Å². The second-order valence-corrected chi connectivity index (χ2v) is 8.12. The number of piperazine rings is 1. The Hall–Kier alpha value is -2.35. The highest BCUT2D eigenvalue weighted by Gasteiger charge is 2.29. The first kappa shape index (κ1) is 20.4. The van der Waals surface area contributed by atoms with Crippen LogP contribution in [0.25, 0.3) is 0 Å². The van der Waals surface area contributed by atoms with Gasteiger partial charge in [0, 0.05) is 51.4 Å². The van der Waals surface area contributed by atoms with Crippen LogP contribution < -0.4 is 9.64 Å². The molecular weight excluding hydrogens is 360 g/mol. The van der Waals surface area contributed by atoms with E-state index < -0.39 is 0 Å². The summed E-state index contributed by atoms with van der Waals surface area (Å²) in [6.45, 7) is 9.23. The van der Waals surface area contributed by atoms with Gasteiger partial charge in [0.05, 0.1) is 18.6 Å². The molecule has 1 aromatic carbocycles. The summed E-state index contributed by atoms with van der Waals surface area (Å²) in [6.07, 6.45) is 1.18. The van der Waals surface area contributed by atoms with Crippen molar-refractivity contribution in [1.29, 1.82) is 0 Å². The summed E-state index contributed by atoms with van der Waals surface area (Å²) in [6, 6.07) is 4.81. The van der Waals surface area contributed by atoms with E-state index in [1.165, 1.54) is 12.5 Å². The number of likely N-dealkylation sites (tertiary alicyclic amines) is 1. The first-order valence-electron chi connectivity index (χ1n) is 9.95. The number of benzene rings is 1. The van der Waals surface area contributed by atoms with E-state index in [-0.39, 0.29) is 16.5 Å². The minimum atomic E-state index is -0.358. The zero-order chi connectivity index (χ0) is 20.3. The average Bonchev–Trinajstić information content (AvgIpc) is 2.67. The van der Waals surface area contributed by atoms with Gasteiger partial charge < -0.3 is 14.5 Å². The standard InChI is InChI=1S/C20H30N4O4/c1-15-10-16(2)13-23(12-15)20(25)14-21-6-8-22(9-7-21)19-11-17(28-3)4-5-18(19)24(26)27/h4-5,11,15-16H,6-10,12-14H2,1-3H3/t15-,16-/m0/s1. The van der Waals surface area contributed by atoms with Crippen molar-refractivity contribution >= 4 is 17.3 Å². The molecule has 8 nitrogen and oxygen atoms in total. The molecule has 1 aromatic rings. The smallest absolute Gasteiger partial charge is 0.292 e. The topological polar surface area (TPSA) is 79.2 Å². The van der Waals surface area contributed by atoms with Gasteiger partial charge in [0.2, 0.25) is 5.91 Å². The van der Waals surface area contributed by atoms with Crippen molar-refractivity contribution < 1.29 is 14.5 Å². The first-order valence-corrected chi connectivity index (χ1v) is 9.95. The Kier molecular flexibility index (Phi) is 6.39. The number of methoxy groups -OCH3 is 1. The van der Waals surface area contributed by atoms with E-state index >= 15 is 0 Å². The number of rotatable bonds is 5. The van der Waals surface area contributed by atoms with Crippen LogP contribution in [-0.4, -0.2) is 73.6 Å². The van der Waals surface area contributed by atoms with E-state index in [2.05, 4.69) is 18.7 Å². The number of nitro benzene ring substituents is 1. The van der Waals surface area contributed by atoms with E-state index in [1.54, 1.807) is 19.2 Å². The number of piperidine rings is 1. The van der Waals surface area contributed by atoms with Crippen LogP contribution in [0.4, 0.5) is 11.4 Å². The molecule has 2 aliphatic rings. The molecule has 3 rings (SSSR count). The molecule has 0 unspecified atom stereocenters. The van der Waals surface area contributed by atoms with Gasteiger partial charge in [-0.15, -0.1) is 0 Å². The lowest BCUT2D eigenvalue weighted by atomic mass is 9.92. The molecule has 28 heavy (non-hydrogen) atoms. The van der Waals surface area contributed by atoms with E-state index in [9.17, 15) is 14.9 Å². The Morgan fingerprint density at radius 1 is 1.18 bits per heavy atom. The Morgan fingerprint density at radius 2 is 1.82 bits per heavy atom. The fourth-order valence-corrected chi connectivity index (χ4v) is 4.34. The lowest BCUT2D eigenvalue weighted by Gasteiger charge is -2.38. The van der Waals surface area contributed by atoms with Crippen molar-refractivity contribution in [3.05, 3.63) is 28.3 Å². The fraction of sp³-hybridized carbons (Fsp3) is 0.650. The molecular formula is C20H30N4O4. The van der Waals surface area contributed by atoms with Gasteiger partial charge in [-0.25, -0.2) is 0 Å². The van der Waals surface area contributed by atoms with Crippen molar-refractivity contribution in [3.63, 3.8) is 0 Å². The van der Waals surface area contributed by atoms with E-state index in [1.807, 2.05) is 9.80 Å². The average molecular weight is 390 g/mol. The molecule has 0 aliphatic carbocycles. The van der Waals surface area contributed by atoms with Crippen LogP contribution >= 0.6 is 0 Å². The Labute approximate surface area is 166 Å². The van der Waals surface area contributed by atoms with Crippen LogP contribution in [0.1, 0.15) is 20.3 Å². The number of ether oxygens (including phenoxy) is 1. The van der Waals surface area contributed by atoms with E-state index in [0.717, 1.165) is 13.1 Å². The molecule has 2 saturated heterocycles. The highest BCUT2D eigenvalue weighted by molar-refractivity contribution is 5.78. The van der Waals surface area contributed by atoms with E-state index in [0.29, 0.717) is 56.0 Å². The maximum absolute atomic E-state index is 12.7. The summed E-state index contributed by atoms with van der Waals surface area (Å²) < 4.78 is 5.23. The number of amides is 1. The monoisotopic (exact) mass is 390 g/mol. The second kappa shape index (κ2) is 8.77. The molecule has 0 spiro atoms. The fourth-order valence-electron chi connectivity index (χ4n) is 4.34. The largest absolute Gasteiger partial charge is 0.497 e. The molecule has 2 fully saturated rings. The summed E-state index contributed by atoms with van der Waals surface area (Å²) >= 11 is 0. The third-order valence-corrected chi connectivity index (χ3v) is 5.67. The summed E-state index contributed by atoms with van der Waals surface area (Å²) in [5, 5.41) is 11.4. The normalized spacial score (nSPS) is 23.5. The van der Waals surface area contributed by atoms with Gasteiger partial charge in [-0.3, -0.25) is 19.8 Å². The summed E-state index contributed by atoms with van der Waals surface area (Å²) in [5.74, 6) is 1.90. The molecule has 0 bridgehead atoms. The third kappa shape index (κ3) is 4.73. The molecule has 1 amide bonds. The quantitative estimate of drug-likeness (QED) is 0.567. The van der Waals surface area contributed by atoms with Gasteiger partial charge in [-0.05, 0) is 24.3 Å². The highest BCUT2D eigenvalue weighted by atomic mass is 16.6. The molecule has 8 heteroatoms.